The maximum absolute atomic E-state index is 13.2. The molecule has 0 aromatic heterocycles. The Hall–Kier alpha value is -3.09. The van der Waals surface area contributed by atoms with Crippen LogP contribution in [0.25, 0.3) is 0 Å². The van der Waals surface area contributed by atoms with Crippen LogP contribution in [0.15, 0.2) is 42.5 Å². The second-order valence-electron chi connectivity index (χ2n) is 8.12. The van der Waals surface area contributed by atoms with Crippen LogP contribution in [0, 0.1) is 11.7 Å². The molecule has 0 bridgehead atoms. The number of halogens is 1. The predicted molar refractivity (Wildman–Crippen MR) is 107 cm³/mol. The van der Waals surface area contributed by atoms with E-state index in [-0.39, 0.29) is 36.4 Å². The number of carbonyl (C=O) groups excluding carboxylic acids is 2. The van der Waals surface area contributed by atoms with Gasteiger partial charge in [0.2, 0.25) is 12.7 Å². The lowest BCUT2D eigenvalue weighted by atomic mass is 9.83. The molecule has 2 amide bonds. The van der Waals surface area contributed by atoms with Gasteiger partial charge in [0.15, 0.2) is 11.5 Å². The van der Waals surface area contributed by atoms with Gasteiger partial charge in [0, 0.05) is 37.7 Å². The zero-order chi connectivity index (χ0) is 20.7. The van der Waals surface area contributed by atoms with Crippen molar-refractivity contribution < 1.29 is 23.5 Å². The van der Waals surface area contributed by atoms with Gasteiger partial charge in [-0.3, -0.25) is 9.59 Å². The first kappa shape index (κ1) is 18.9. The molecule has 0 saturated carbocycles. The van der Waals surface area contributed by atoms with E-state index in [0.717, 1.165) is 24.2 Å². The van der Waals surface area contributed by atoms with Crippen LogP contribution in [0.1, 0.15) is 35.2 Å². The maximum atomic E-state index is 13.2. The molecule has 2 saturated heterocycles. The summed E-state index contributed by atoms with van der Waals surface area (Å²) < 4.78 is 24.0. The van der Waals surface area contributed by atoms with Crippen LogP contribution >= 0.6 is 0 Å². The number of ether oxygens (including phenoxy) is 2. The highest BCUT2D eigenvalue weighted by atomic mass is 19.1. The van der Waals surface area contributed by atoms with Gasteiger partial charge < -0.3 is 19.3 Å². The molecule has 30 heavy (non-hydrogen) atoms. The summed E-state index contributed by atoms with van der Waals surface area (Å²) in [5, 5.41) is 0. The van der Waals surface area contributed by atoms with Crippen molar-refractivity contribution in [3.63, 3.8) is 0 Å². The van der Waals surface area contributed by atoms with E-state index in [4.69, 9.17) is 9.47 Å². The third-order valence-electron chi connectivity index (χ3n) is 6.31. The summed E-state index contributed by atoms with van der Waals surface area (Å²) in [5.41, 5.74) is 1.51. The van der Waals surface area contributed by atoms with Crippen molar-refractivity contribution in [2.45, 2.75) is 31.8 Å². The van der Waals surface area contributed by atoms with E-state index in [1.54, 1.807) is 0 Å². The second-order valence-corrected chi connectivity index (χ2v) is 8.12. The molecule has 2 atom stereocenters. The molecule has 5 rings (SSSR count). The molecule has 0 unspecified atom stereocenters. The minimum absolute atomic E-state index is 0.0762. The molecule has 2 aromatic carbocycles. The minimum atomic E-state index is -0.352. The quantitative estimate of drug-likeness (QED) is 0.780. The Morgan fingerprint density at radius 1 is 1.07 bits per heavy atom. The summed E-state index contributed by atoms with van der Waals surface area (Å²) in [6.07, 6.45) is 2.02. The third kappa shape index (κ3) is 3.49. The van der Waals surface area contributed by atoms with E-state index in [1.807, 2.05) is 28.0 Å². The lowest BCUT2D eigenvalue weighted by Gasteiger charge is -2.47. The van der Waals surface area contributed by atoms with Gasteiger partial charge in [-0.2, -0.15) is 0 Å². The largest absolute Gasteiger partial charge is 0.454 e. The molecule has 0 spiro atoms. The molecule has 0 radical (unpaired) electrons. The van der Waals surface area contributed by atoms with E-state index >= 15 is 0 Å². The average Bonchev–Trinajstić information content (AvgIpc) is 3.23. The molecule has 3 aliphatic heterocycles. The zero-order valence-electron chi connectivity index (χ0n) is 16.6. The molecular formula is C23H23FN2O4. The van der Waals surface area contributed by atoms with E-state index in [0.29, 0.717) is 37.4 Å². The molecule has 2 aromatic rings. The number of hydrogen-bond acceptors (Lipinski definition) is 4. The fraction of sp³-hybridized carbons (Fsp3) is 0.391. The van der Waals surface area contributed by atoms with E-state index in [2.05, 4.69) is 0 Å². The first-order chi connectivity index (χ1) is 14.6. The molecular weight excluding hydrogens is 387 g/mol. The van der Waals surface area contributed by atoms with Crippen molar-refractivity contribution in [3.05, 3.63) is 59.4 Å². The maximum Gasteiger partial charge on any atom is 0.253 e. The zero-order valence-corrected chi connectivity index (χ0v) is 16.6. The van der Waals surface area contributed by atoms with Gasteiger partial charge in [-0.05, 0) is 60.7 Å². The van der Waals surface area contributed by atoms with Crippen LogP contribution in [0.4, 0.5) is 4.39 Å². The predicted octanol–water partition coefficient (Wildman–Crippen LogP) is 3.21. The van der Waals surface area contributed by atoms with Crippen LogP contribution in [-0.4, -0.2) is 47.5 Å². The first-order valence-corrected chi connectivity index (χ1v) is 10.3. The summed E-state index contributed by atoms with van der Waals surface area (Å²) in [7, 11) is 0. The number of amides is 2. The average molecular weight is 410 g/mol. The molecule has 3 heterocycles. The number of piperidine rings is 2. The summed E-state index contributed by atoms with van der Waals surface area (Å²) in [6.45, 7) is 1.96. The van der Waals surface area contributed by atoms with Crippen LogP contribution in [0.2, 0.25) is 0 Å². The first-order valence-electron chi connectivity index (χ1n) is 10.3. The Balaban J connectivity index is 1.29. The van der Waals surface area contributed by atoms with E-state index in [1.165, 1.54) is 24.3 Å². The topological polar surface area (TPSA) is 59.1 Å². The van der Waals surface area contributed by atoms with Crippen molar-refractivity contribution >= 4 is 11.8 Å². The van der Waals surface area contributed by atoms with Gasteiger partial charge in [-0.15, -0.1) is 0 Å². The van der Waals surface area contributed by atoms with Gasteiger partial charge in [-0.25, -0.2) is 4.39 Å². The highest BCUT2D eigenvalue weighted by Crippen LogP contribution is 2.36. The van der Waals surface area contributed by atoms with Crippen molar-refractivity contribution in [3.8, 4) is 11.5 Å². The van der Waals surface area contributed by atoms with Gasteiger partial charge in [0.1, 0.15) is 5.82 Å². The van der Waals surface area contributed by atoms with Gasteiger partial charge >= 0.3 is 0 Å². The molecule has 156 valence electrons. The summed E-state index contributed by atoms with van der Waals surface area (Å²) in [4.78, 5) is 29.3. The highest BCUT2D eigenvalue weighted by molar-refractivity contribution is 5.94. The third-order valence-corrected chi connectivity index (χ3v) is 6.31. The van der Waals surface area contributed by atoms with Crippen molar-refractivity contribution in [2.75, 3.05) is 19.9 Å². The van der Waals surface area contributed by atoms with Crippen LogP contribution in [-0.2, 0) is 11.3 Å². The van der Waals surface area contributed by atoms with Gasteiger partial charge in [-0.1, -0.05) is 6.07 Å². The number of fused-ring (bicyclic) bond motifs is 2. The van der Waals surface area contributed by atoms with Crippen LogP contribution in [0.5, 0.6) is 11.5 Å². The second kappa shape index (κ2) is 7.63. The standard InChI is InChI=1S/C23H23FN2O4/c24-18-5-2-16(3-6-18)23(28)25-10-9-19-17(13-25)4-8-22(27)26(19)12-15-1-7-20-21(11-15)30-14-29-20/h1-3,5-7,11,17,19H,4,8-10,12-14H2/t17-,19+/m1/s1. The van der Waals surface area contributed by atoms with Crippen molar-refractivity contribution in [1.29, 1.82) is 0 Å². The van der Waals surface area contributed by atoms with Crippen molar-refractivity contribution in [2.24, 2.45) is 5.92 Å². The number of hydrogen-bond donors (Lipinski definition) is 0. The van der Waals surface area contributed by atoms with Crippen molar-refractivity contribution in [1.82, 2.24) is 9.80 Å². The number of nitrogens with zero attached hydrogens (tertiary/aromatic N) is 2. The Morgan fingerprint density at radius 3 is 2.70 bits per heavy atom. The fourth-order valence-electron chi connectivity index (χ4n) is 4.75. The number of carbonyl (C=O) groups is 2. The summed E-state index contributed by atoms with van der Waals surface area (Å²) in [5.74, 6) is 1.42. The Bertz CT molecular complexity index is 978. The molecule has 3 aliphatic rings. The monoisotopic (exact) mass is 410 g/mol. The minimum Gasteiger partial charge on any atom is -0.454 e. The lowest BCUT2D eigenvalue weighted by Crippen LogP contribution is -2.56. The lowest BCUT2D eigenvalue weighted by molar-refractivity contribution is -0.141. The van der Waals surface area contributed by atoms with Crippen LogP contribution < -0.4 is 9.47 Å². The normalized spacial score (nSPS) is 22.8. The number of likely N-dealkylation sites (tertiary alicyclic amines) is 2. The number of benzene rings is 2. The summed E-state index contributed by atoms with van der Waals surface area (Å²) >= 11 is 0. The molecule has 0 N–H and O–H groups in total. The number of rotatable bonds is 3. The Kier molecular flexibility index (Phi) is 4.81. The Morgan fingerprint density at radius 2 is 1.87 bits per heavy atom. The van der Waals surface area contributed by atoms with Crippen LogP contribution in [0.3, 0.4) is 0 Å². The van der Waals surface area contributed by atoms with E-state index in [9.17, 15) is 14.0 Å². The van der Waals surface area contributed by atoms with E-state index < -0.39 is 0 Å². The highest BCUT2D eigenvalue weighted by Gasteiger charge is 2.40. The SMILES string of the molecule is O=C(c1ccc(F)cc1)N1CC[C@H]2[C@H](CCC(=O)N2Cc2ccc3c(c2)OCO3)C1. The van der Waals surface area contributed by atoms with Gasteiger partial charge in [0.25, 0.3) is 5.91 Å². The summed E-state index contributed by atoms with van der Waals surface area (Å²) in [6, 6.07) is 11.6. The molecule has 6 nitrogen and oxygen atoms in total. The van der Waals surface area contributed by atoms with Gasteiger partial charge in [0.05, 0.1) is 0 Å². The molecule has 0 aliphatic carbocycles. The Labute approximate surface area is 174 Å². The fourth-order valence-corrected chi connectivity index (χ4v) is 4.75. The molecule has 2 fully saturated rings. The smallest absolute Gasteiger partial charge is 0.253 e. The molecule has 7 heteroatoms.